The fourth-order valence-electron chi connectivity index (χ4n) is 4.82. The summed E-state index contributed by atoms with van der Waals surface area (Å²) in [5, 5.41) is 5.07. The largest absolute Gasteiger partial charge is 0.491 e. The smallest absolute Gasteiger partial charge is 0.322 e. The molecule has 1 aliphatic rings. The van der Waals surface area contributed by atoms with Crippen LogP contribution in [0.4, 0.5) is 10.5 Å². The number of amides is 3. The summed E-state index contributed by atoms with van der Waals surface area (Å²) in [7, 11) is 0. The van der Waals surface area contributed by atoms with Gasteiger partial charge in [0.1, 0.15) is 18.9 Å². The van der Waals surface area contributed by atoms with E-state index in [1.165, 1.54) is 10.4 Å². The SMILES string of the molecule is CC[C@@H](C)CN(CC(=O)N1CCc2sccc2[C@@H]1COc1ccc(C(C)C)cc1)C(=O)Nc1ccc(C)cc1. The van der Waals surface area contributed by atoms with Crippen molar-refractivity contribution in [2.24, 2.45) is 5.92 Å². The highest BCUT2D eigenvalue weighted by Gasteiger charge is 2.33. The quantitative estimate of drug-likeness (QED) is 0.290. The maximum absolute atomic E-state index is 13.8. The Morgan fingerprint density at radius 3 is 2.46 bits per heavy atom. The van der Waals surface area contributed by atoms with E-state index < -0.39 is 0 Å². The number of anilines is 1. The third-order valence-corrected chi connectivity index (χ3v) is 8.51. The molecule has 1 aliphatic heterocycles. The normalized spacial score (nSPS) is 15.5. The molecule has 3 aromatic rings. The van der Waals surface area contributed by atoms with Crippen LogP contribution in [0.15, 0.2) is 60.0 Å². The third-order valence-electron chi connectivity index (χ3n) is 7.52. The molecule has 0 saturated carbocycles. The summed E-state index contributed by atoms with van der Waals surface area (Å²) < 4.78 is 6.23. The van der Waals surface area contributed by atoms with Crippen molar-refractivity contribution in [3.63, 3.8) is 0 Å². The Labute approximate surface area is 237 Å². The van der Waals surface area contributed by atoms with Gasteiger partial charge in [-0.15, -0.1) is 11.3 Å². The third kappa shape index (κ3) is 7.41. The van der Waals surface area contributed by atoms with E-state index in [2.05, 4.69) is 56.6 Å². The lowest BCUT2D eigenvalue weighted by Crippen LogP contribution is -2.49. The van der Waals surface area contributed by atoms with E-state index in [-0.39, 0.29) is 30.4 Å². The van der Waals surface area contributed by atoms with E-state index in [0.29, 0.717) is 25.6 Å². The Morgan fingerprint density at radius 2 is 1.79 bits per heavy atom. The molecule has 4 rings (SSSR count). The number of nitrogens with zero attached hydrogens (tertiary/aromatic N) is 2. The molecule has 7 heteroatoms. The highest BCUT2D eigenvalue weighted by molar-refractivity contribution is 7.10. The van der Waals surface area contributed by atoms with Gasteiger partial charge >= 0.3 is 6.03 Å². The topological polar surface area (TPSA) is 61.9 Å². The molecular weight excluding hydrogens is 506 g/mol. The Balaban J connectivity index is 1.49. The van der Waals surface area contributed by atoms with E-state index >= 15 is 0 Å². The number of benzene rings is 2. The van der Waals surface area contributed by atoms with Gasteiger partial charge in [-0.25, -0.2) is 4.79 Å². The maximum atomic E-state index is 13.8. The standard InChI is InChI=1S/C32H41N3O3S/c1-6-23(4)19-34(32(37)33-26-11-7-24(5)8-12-26)20-31(36)35-17-15-30-28(16-18-39-30)29(35)21-38-27-13-9-25(10-14-27)22(2)3/h7-14,16,18,22-23,29H,6,15,17,19-21H2,1-5H3,(H,33,37)/t23-,29+/m1/s1. The first-order chi connectivity index (χ1) is 18.7. The fraction of sp³-hybridized carbons (Fsp3) is 0.438. The van der Waals surface area contributed by atoms with Crippen LogP contribution in [-0.2, 0) is 11.2 Å². The fourth-order valence-corrected chi connectivity index (χ4v) is 5.75. The average molecular weight is 548 g/mol. The van der Waals surface area contributed by atoms with Crippen molar-refractivity contribution < 1.29 is 14.3 Å². The number of hydrogen-bond acceptors (Lipinski definition) is 4. The van der Waals surface area contributed by atoms with Crippen LogP contribution in [0.3, 0.4) is 0 Å². The van der Waals surface area contributed by atoms with Gasteiger partial charge in [-0.1, -0.05) is 63.9 Å². The van der Waals surface area contributed by atoms with Crippen LogP contribution in [0.1, 0.15) is 67.6 Å². The van der Waals surface area contributed by atoms with Gasteiger partial charge in [0.05, 0.1) is 6.04 Å². The second-order valence-corrected chi connectivity index (χ2v) is 11.9. The van der Waals surface area contributed by atoms with E-state index in [9.17, 15) is 9.59 Å². The van der Waals surface area contributed by atoms with E-state index in [0.717, 1.165) is 35.4 Å². The summed E-state index contributed by atoms with van der Waals surface area (Å²) in [5.41, 5.74) is 4.27. The summed E-state index contributed by atoms with van der Waals surface area (Å²) in [6, 6.07) is 17.6. The van der Waals surface area contributed by atoms with Crippen molar-refractivity contribution in [1.82, 2.24) is 9.80 Å². The molecule has 0 spiro atoms. The van der Waals surface area contributed by atoms with Crippen LogP contribution in [0.2, 0.25) is 0 Å². The number of hydrogen-bond donors (Lipinski definition) is 1. The zero-order chi connectivity index (χ0) is 27.9. The van der Waals surface area contributed by atoms with Crippen molar-refractivity contribution in [2.45, 2.75) is 59.4 Å². The average Bonchev–Trinajstić information content (AvgIpc) is 3.42. The van der Waals surface area contributed by atoms with Gasteiger partial charge in [0.2, 0.25) is 5.91 Å². The van der Waals surface area contributed by atoms with Gasteiger partial charge in [0.15, 0.2) is 0 Å². The first-order valence-corrected chi connectivity index (χ1v) is 14.8. The monoisotopic (exact) mass is 547 g/mol. The zero-order valence-electron chi connectivity index (χ0n) is 23.8. The lowest BCUT2D eigenvalue weighted by Gasteiger charge is -2.37. The molecule has 2 aromatic carbocycles. The molecule has 0 saturated heterocycles. The lowest BCUT2D eigenvalue weighted by atomic mass is 10.00. The van der Waals surface area contributed by atoms with Gasteiger partial charge in [-0.2, -0.15) is 0 Å². The van der Waals surface area contributed by atoms with Crippen LogP contribution < -0.4 is 10.1 Å². The Bertz CT molecular complexity index is 1240. The summed E-state index contributed by atoms with van der Waals surface area (Å²) in [4.78, 5) is 32.0. The summed E-state index contributed by atoms with van der Waals surface area (Å²) >= 11 is 1.73. The first kappa shape index (κ1) is 28.7. The predicted octanol–water partition coefficient (Wildman–Crippen LogP) is 7.26. The number of rotatable bonds is 10. The Hall–Kier alpha value is -3.32. The molecule has 1 aromatic heterocycles. The molecule has 2 heterocycles. The minimum atomic E-state index is -0.251. The van der Waals surface area contributed by atoms with Crippen molar-refractivity contribution in [1.29, 1.82) is 0 Å². The summed E-state index contributed by atoms with van der Waals surface area (Å²) in [6.07, 6.45) is 1.75. The molecule has 0 bridgehead atoms. The number of carbonyl (C=O) groups is 2. The van der Waals surface area contributed by atoms with Crippen molar-refractivity contribution in [2.75, 3.05) is 31.6 Å². The molecule has 0 radical (unpaired) electrons. The van der Waals surface area contributed by atoms with Crippen LogP contribution in [0, 0.1) is 12.8 Å². The van der Waals surface area contributed by atoms with Crippen molar-refractivity contribution in [3.05, 3.63) is 81.5 Å². The second-order valence-electron chi connectivity index (χ2n) is 10.9. The number of carbonyl (C=O) groups excluding carboxylic acids is 2. The van der Waals surface area contributed by atoms with E-state index in [1.807, 2.05) is 48.2 Å². The van der Waals surface area contributed by atoms with Gasteiger partial charge in [-0.3, -0.25) is 4.79 Å². The van der Waals surface area contributed by atoms with Crippen LogP contribution in [0.25, 0.3) is 0 Å². The molecule has 6 nitrogen and oxygen atoms in total. The van der Waals surface area contributed by atoms with E-state index in [4.69, 9.17) is 4.74 Å². The van der Waals surface area contributed by atoms with Gasteiger partial charge in [0.25, 0.3) is 0 Å². The summed E-state index contributed by atoms with van der Waals surface area (Å²) in [6.45, 7) is 12.1. The van der Waals surface area contributed by atoms with Gasteiger partial charge < -0.3 is 19.9 Å². The number of nitrogens with one attached hydrogen (secondary N) is 1. The Morgan fingerprint density at radius 1 is 1.08 bits per heavy atom. The predicted molar refractivity (Wildman–Crippen MR) is 160 cm³/mol. The minimum Gasteiger partial charge on any atom is -0.491 e. The first-order valence-electron chi connectivity index (χ1n) is 14.0. The molecule has 0 fully saturated rings. The molecule has 2 atom stereocenters. The maximum Gasteiger partial charge on any atom is 0.322 e. The lowest BCUT2D eigenvalue weighted by molar-refractivity contribution is -0.135. The van der Waals surface area contributed by atoms with Crippen molar-refractivity contribution in [3.8, 4) is 5.75 Å². The Kier molecular flexibility index (Phi) is 9.68. The number of fused-ring (bicyclic) bond motifs is 1. The van der Waals surface area contributed by atoms with Crippen LogP contribution >= 0.6 is 11.3 Å². The highest BCUT2D eigenvalue weighted by atomic mass is 32.1. The summed E-state index contributed by atoms with van der Waals surface area (Å²) in [5.74, 6) is 1.47. The zero-order valence-corrected chi connectivity index (χ0v) is 24.6. The molecule has 39 heavy (non-hydrogen) atoms. The molecule has 0 unspecified atom stereocenters. The number of aryl methyl sites for hydroxylation is 1. The van der Waals surface area contributed by atoms with Crippen molar-refractivity contribution >= 4 is 29.0 Å². The number of thiophene rings is 1. The molecule has 208 valence electrons. The van der Waals surface area contributed by atoms with Crippen LogP contribution in [-0.4, -0.2) is 48.0 Å². The molecule has 0 aliphatic carbocycles. The molecule has 1 N–H and O–H groups in total. The number of ether oxygens (including phenoxy) is 1. The van der Waals surface area contributed by atoms with Gasteiger partial charge in [-0.05, 0) is 72.0 Å². The molecule has 3 amide bonds. The number of urea groups is 1. The van der Waals surface area contributed by atoms with E-state index in [1.54, 1.807) is 16.2 Å². The van der Waals surface area contributed by atoms with Crippen LogP contribution in [0.5, 0.6) is 5.75 Å². The minimum absolute atomic E-state index is 0.0289. The molecular formula is C32H41N3O3S. The van der Waals surface area contributed by atoms with Gasteiger partial charge in [0, 0.05) is 23.7 Å². The second kappa shape index (κ2) is 13.2. The highest BCUT2D eigenvalue weighted by Crippen LogP contribution is 2.34.